The topological polar surface area (TPSA) is 123 Å². The predicted molar refractivity (Wildman–Crippen MR) is 168 cm³/mol. The molecule has 2 heterocycles. The first-order valence-electron chi connectivity index (χ1n) is 14.4. The van der Waals surface area contributed by atoms with E-state index in [4.69, 9.17) is 14.2 Å². The van der Waals surface area contributed by atoms with Crippen LogP contribution in [0.25, 0.3) is 0 Å². The van der Waals surface area contributed by atoms with E-state index in [0.29, 0.717) is 5.45 Å². The molecule has 0 spiro atoms. The summed E-state index contributed by atoms with van der Waals surface area (Å²) < 4.78 is 48.0. The van der Waals surface area contributed by atoms with Crippen molar-refractivity contribution in [3.05, 3.63) is 83.7 Å². The first-order chi connectivity index (χ1) is 20.1. The Bertz CT molecular complexity index is 1460. The van der Waals surface area contributed by atoms with E-state index >= 15 is 0 Å². The van der Waals surface area contributed by atoms with Gasteiger partial charge in [0.1, 0.15) is 37.4 Å². The van der Waals surface area contributed by atoms with Crippen molar-refractivity contribution in [3.8, 4) is 0 Å². The molecule has 43 heavy (non-hydrogen) atoms. The molecule has 12 heteroatoms. The van der Waals surface area contributed by atoms with E-state index in [2.05, 4.69) is 38.8 Å². The van der Waals surface area contributed by atoms with Gasteiger partial charge >= 0.3 is 10.2 Å². The second-order valence-electron chi connectivity index (χ2n) is 13.0. The zero-order chi connectivity index (χ0) is 31.6. The number of ether oxygens (including phenoxy) is 3. The van der Waals surface area contributed by atoms with Gasteiger partial charge in [0.2, 0.25) is 0 Å². The van der Waals surface area contributed by atoms with Crippen LogP contribution in [0.5, 0.6) is 0 Å². The lowest BCUT2D eigenvalue weighted by molar-refractivity contribution is -0.142. The molecule has 0 aliphatic carbocycles. The third-order valence-electron chi connectivity index (χ3n) is 8.58. The average Bonchev–Trinajstić information content (AvgIpc) is 3.55. The van der Waals surface area contributed by atoms with E-state index in [0.717, 1.165) is 19.4 Å². The number of rotatable bonds is 12. The van der Waals surface area contributed by atoms with Gasteiger partial charge in [-0.15, -0.1) is 0 Å². The standard InChI is InChI=1S/C31H45N3O7SSi/c1-30(2,3)43(6,7)29-32-18-25(34(29)42(37,38)33(4)5)26(35)27-28(40-20-24-16-12-9-13-17-24)31(36,22-41-27)21-39-19-23-14-10-8-11-15-23/h8-18,26-28,35-36H,19-22H2,1-7H3/t26-,27-,28-,31-/m0/s1. The second kappa shape index (κ2) is 12.9. The summed E-state index contributed by atoms with van der Waals surface area (Å²) in [5.74, 6) is 0. The Balaban J connectivity index is 1.70. The number of aliphatic hydroxyl groups excluding tert-OH is 1. The highest BCUT2D eigenvalue weighted by Crippen LogP contribution is 2.39. The number of hydrogen-bond donors (Lipinski definition) is 2. The number of aromatic nitrogens is 2. The molecule has 0 radical (unpaired) electrons. The number of aliphatic hydroxyl groups is 2. The summed E-state index contributed by atoms with van der Waals surface area (Å²) in [7, 11) is -3.70. The largest absolute Gasteiger partial charge is 0.384 e. The molecule has 1 aromatic heterocycles. The van der Waals surface area contributed by atoms with E-state index in [-0.39, 0.29) is 37.2 Å². The van der Waals surface area contributed by atoms with Gasteiger partial charge in [-0.25, -0.2) is 8.96 Å². The maximum absolute atomic E-state index is 13.7. The Hall–Kier alpha value is -2.42. The molecular weight excluding hydrogens is 587 g/mol. The second-order valence-corrected chi connectivity index (χ2v) is 20.1. The van der Waals surface area contributed by atoms with Crippen molar-refractivity contribution in [2.75, 3.05) is 27.3 Å². The zero-order valence-corrected chi connectivity index (χ0v) is 27.9. The monoisotopic (exact) mass is 631 g/mol. The number of benzene rings is 2. The van der Waals surface area contributed by atoms with Crippen molar-refractivity contribution in [1.29, 1.82) is 0 Å². The van der Waals surface area contributed by atoms with Crippen LogP contribution in [-0.2, 0) is 37.6 Å². The minimum absolute atomic E-state index is 0.0568. The van der Waals surface area contributed by atoms with Crippen molar-refractivity contribution < 1.29 is 32.8 Å². The molecule has 1 saturated heterocycles. The van der Waals surface area contributed by atoms with Crippen molar-refractivity contribution in [3.63, 3.8) is 0 Å². The molecule has 3 aromatic rings. The van der Waals surface area contributed by atoms with E-state index < -0.39 is 42.2 Å². The molecule has 4 atom stereocenters. The first-order valence-corrected chi connectivity index (χ1v) is 18.8. The lowest BCUT2D eigenvalue weighted by atomic mass is 9.93. The van der Waals surface area contributed by atoms with E-state index in [1.807, 2.05) is 60.7 Å². The van der Waals surface area contributed by atoms with Gasteiger partial charge in [0.25, 0.3) is 0 Å². The summed E-state index contributed by atoms with van der Waals surface area (Å²) in [5.41, 5.74) is 0.683. The van der Waals surface area contributed by atoms with Gasteiger partial charge in [-0.2, -0.15) is 12.7 Å². The Morgan fingerprint density at radius 3 is 2.16 bits per heavy atom. The van der Waals surface area contributed by atoms with E-state index in [1.54, 1.807) is 0 Å². The van der Waals surface area contributed by atoms with Gasteiger partial charge in [0.15, 0.2) is 0 Å². The summed E-state index contributed by atoms with van der Waals surface area (Å²) in [6, 6.07) is 19.1. The molecule has 4 rings (SSSR count). The Morgan fingerprint density at radius 1 is 1.07 bits per heavy atom. The Kier molecular flexibility index (Phi) is 10.0. The zero-order valence-electron chi connectivity index (χ0n) is 26.1. The van der Waals surface area contributed by atoms with Crippen LogP contribution in [0.1, 0.15) is 43.7 Å². The molecule has 0 saturated carbocycles. The molecule has 0 unspecified atom stereocenters. The lowest BCUT2D eigenvalue weighted by Crippen LogP contribution is -2.56. The minimum Gasteiger partial charge on any atom is -0.384 e. The van der Waals surface area contributed by atoms with Crippen molar-refractivity contribution >= 4 is 23.7 Å². The molecule has 10 nitrogen and oxygen atoms in total. The van der Waals surface area contributed by atoms with Gasteiger partial charge in [-0.3, -0.25) is 0 Å². The fraction of sp³-hybridized carbons (Fsp3) is 0.516. The third-order valence-corrected chi connectivity index (χ3v) is 15.7. The van der Waals surface area contributed by atoms with Gasteiger partial charge in [0, 0.05) is 14.1 Å². The Morgan fingerprint density at radius 2 is 1.63 bits per heavy atom. The molecule has 2 N–H and O–H groups in total. The molecular formula is C31H45N3O7SSi. The first kappa shape index (κ1) is 33.5. The van der Waals surface area contributed by atoms with Gasteiger partial charge in [-0.1, -0.05) is 94.5 Å². The van der Waals surface area contributed by atoms with Crippen LogP contribution >= 0.6 is 0 Å². The molecule has 1 fully saturated rings. The minimum atomic E-state index is -4.08. The third kappa shape index (κ3) is 6.96. The quantitative estimate of drug-likeness (QED) is 0.292. The van der Waals surface area contributed by atoms with Gasteiger partial charge in [-0.05, 0) is 16.2 Å². The lowest BCUT2D eigenvalue weighted by Gasteiger charge is -2.37. The van der Waals surface area contributed by atoms with Gasteiger partial charge in [0.05, 0.1) is 38.3 Å². The van der Waals surface area contributed by atoms with Gasteiger partial charge < -0.3 is 24.4 Å². The highest BCUT2D eigenvalue weighted by molar-refractivity contribution is 7.87. The number of hydrogen-bond acceptors (Lipinski definition) is 8. The molecule has 2 aromatic carbocycles. The molecule has 236 valence electrons. The highest BCUT2D eigenvalue weighted by Gasteiger charge is 2.54. The number of nitrogens with zero attached hydrogens (tertiary/aromatic N) is 3. The van der Waals surface area contributed by atoms with Crippen LogP contribution < -0.4 is 5.45 Å². The van der Waals surface area contributed by atoms with Crippen LogP contribution in [0.2, 0.25) is 18.1 Å². The molecule has 1 aliphatic rings. The molecule has 1 aliphatic heterocycles. The summed E-state index contributed by atoms with van der Waals surface area (Å²) in [6.07, 6.45) is -2.22. The normalized spacial score (nSPS) is 22.3. The van der Waals surface area contributed by atoms with E-state index in [9.17, 15) is 18.6 Å². The van der Waals surface area contributed by atoms with Crippen molar-refractivity contribution in [1.82, 2.24) is 13.3 Å². The molecule has 0 amide bonds. The summed E-state index contributed by atoms with van der Waals surface area (Å²) >= 11 is 0. The summed E-state index contributed by atoms with van der Waals surface area (Å²) in [5, 5.41) is 23.4. The fourth-order valence-corrected chi connectivity index (χ4v) is 8.64. The predicted octanol–water partition coefficient (Wildman–Crippen LogP) is 3.22. The van der Waals surface area contributed by atoms with Crippen LogP contribution in [0, 0.1) is 0 Å². The smallest absolute Gasteiger partial charge is 0.308 e. The van der Waals surface area contributed by atoms with Crippen molar-refractivity contribution in [2.45, 2.75) is 76.0 Å². The van der Waals surface area contributed by atoms with Crippen LogP contribution in [-0.4, -0.2) is 85.1 Å². The van der Waals surface area contributed by atoms with Crippen LogP contribution in [0.15, 0.2) is 66.9 Å². The SMILES string of the molecule is CN(C)S(=O)(=O)n1c([C@H](O)[C@@H]2OC[C@@](O)(COCc3ccccc3)[C@H]2OCc2ccccc2)cnc1[Si](C)(C)C(C)(C)C. The van der Waals surface area contributed by atoms with Crippen LogP contribution in [0.4, 0.5) is 0 Å². The summed E-state index contributed by atoms with van der Waals surface area (Å²) in [6.45, 7) is 10.5. The van der Waals surface area contributed by atoms with Crippen molar-refractivity contribution in [2.24, 2.45) is 0 Å². The maximum Gasteiger partial charge on any atom is 0.308 e. The number of imidazole rings is 1. The van der Waals surface area contributed by atoms with Crippen LogP contribution in [0.3, 0.4) is 0 Å². The highest BCUT2D eigenvalue weighted by atomic mass is 32.2. The fourth-order valence-electron chi connectivity index (χ4n) is 4.90. The average molecular weight is 632 g/mol. The maximum atomic E-state index is 13.7. The molecule has 0 bridgehead atoms. The van der Waals surface area contributed by atoms with E-state index in [1.165, 1.54) is 20.3 Å². The Labute approximate surface area is 256 Å². The summed E-state index contributed by atoms with van der Waals surface area (Å²) in [4.78, 5) is 4.61.